The molecular formula is C21H33N3O2. The van der Waals surface area contributed by atoms with Crippen LogP contribution in [0, 0.1) is 5.92 Å². The summed E-state index contributed by atoms with van der Waals surface area (Å²) in [6.45, 7) is 10.6. The molecule has 2 aliphatic heterocycles. The molecule has 26 heavy (non-hydrogen) atoms. The van der Waals surface area contributed by atoms with Crippen LogP contribution < -0.4 is 10.2 Å². The van der Waals surface area contributed by atoms with Gasteiger partial charge in [-0.2, -0.15) is 0 Å². The van der Waals surface area contributed by atoms with Crippen molar-refractivity contribution in [1.29, 1.82) is 0 Å². The van der Waals surface area contributed by atoms with E-state index in [1.54, 1.807) is 0 Å². The molecule has 1 amide bonds. The van der Waals surface area contributed by atoms with Gasteiger partial charge >= 0.3 is 6.09 Å². The molecule has 0 aliphatic carbocycles. The molecule has 2 heterocycles. The van der Waals surface area contributed by atoms with E-state index in [1.807, 2.05) is 25.7 Å². The van der Waals surface area contributed by atoms with Gasteiger partial charge in [-0.25, -0.2) is 4.79 Å². The van der Waals surface area contributed by atoms with Crippen LogP contribution in [0.15, 0.2) is 24.3 Å². The fourth-order valence-corrected chi connectivity index (χ4v) is 3.76. The first-order chi connectivity index (χ1) is 12.4. The van der Waals surface area contributed by atoms with E-state index in [0.29, 0.717) is 5.92 Å². The van der Waals surface area contributed by atoms with Crippen molar-refractivity contribution in [3.63, 3.8) is 0 Å². The Labute approximate surface area is 157 Å². The highest BCUT2D eigenvalue weighted by molar-refractivity contribution is 5.70. The smallest absolute Gasteiger partial charge is 0.410 e. The van der Waals surface area contributed by atoms with Gasteiger partial charge in [0, 0.05) is 32.7 Å². The monoisotopic (exact) mass is 359 g/mol. The maximum Gasteiger partial charge on any atom is 0.410 e. The Balaban J connectivity index is 1.48. The topological polar surface area (TPSA) is 44.8 Å². The number of rotatable bonds is 4. The number of amides is 1. The van der Waals surface area contributed by atoms with Gasteiger partial charge in [0.05, 0.1) is 11.4 Å². The summed E-state index contributed by atoms with van der Waals surface area (Å²) in [5, 5.41) is 3.67. The lowest BCUT2D eigenvalue weighted by Gasteiger charge is -2.33. The van der Waals surface area contributed by atoms with Crippen LogP contribution in [0.3, 0.4) is 0 Å². The summed E-state index contributed by atoms with van der Waals surface area (Å²) >= 11 is 0. The average Bonchev–Trinajstić information content (AvgIpc) is 3.13. The number of hydrogen-bond donors (Lipinski definition) is 1. The fraction of sp³-hybridized carbons (Fsp3) is 0.667. The van der Waals surface area contributed by atoms with Crippen molar-refractivity contribution in [2.24, 2.45) is 5.92 Å². The van der Waals surface area contributed by atoms with Gasteiger partial charge < -0.3 is 19.9 Å². The third-order valence-electron chi connectivity index (χ3n) is 5.20. The third-order valence-corrected chi connectivity index (χ3v) is 5.20. The molecule has 0 unspecified atom stereocenters. The quantitative estimate of drug-likeness (QED) is 0.868. The first-order valence-corrected chi connectivity index (χ1v) is 9.98. The summed E-state index contributed by atoms with van der Waals surface area (Å²) in [6, 6.07) is 8.63. The van der Waals surface area contributed by atoms with Crippen LogP contribution in [-0.4, -0.2) is 49.3 Å². The molecule has 2 aliphatic rings. The number of anilines is 2. The maximum atomic E-state index is 12.2. The minimum atomic E-state index is -0.422. The van der Waals surface area contributed by atoms with E-state index < -0.39 is 5.60 Å². The van der Waals surface area contributed by atoms with Crippen molar-refractivity contribution < 1.29 is 9.53 Å². The molecule has 0 aromatic heterocycles. The van der Waals surface area contributed by atoms with Gasteiger partial charge in [-0.3, -0.25) is 0 Å². The van der Waals surface area contributed by atoms with Crippen LogP contribution in [0.5, 0.6) is 0 Å². The Kier molecular flexibility index (Phi) is 5.94. The predicted molar refractivity (Wildman–Crippen MR) is 107 cm³/mol. The molecule has 0 spiro atoms. The van der Waals surface area contributed by atoms with Gasteiger partial charge in [0.15, 0.2) is 0 Å². The summed E-state index contributed by atoms with van der Waals surface area (Å²) in [5.41, 5.74) is 2.15. The Morgan fingerprint density at radius 3 is 2.42 bits per heavy atom. The zero-order valence-corrected chi connectivity index (χ0v) is 16.5. The zero-order chi connectivity index (χ0) is 18.6. The summed E-state index contributed by atoms with van der Waals surface area (Å²) in [5.74, 6) is 0.598. The molecule has 0 bridgehead atoms. The minimum absolute atomic E-state index is 0.178. The Hall–Kier alpha value is -1.91. The minimum Gasteiger partial charge on any atom is -0.444 e. The zero-order valence-electron chi connectivity index (χ0n) is 16.5. The number of nitrogens with one attached hydrogen (secondary N) is 1. The van der Waals surface area contributed by atoms with Crippen LogP contribution in [-0.2, 0) is 4.74 Å². The molecule has 5 heteroatoms. The number of likely N-dealkylation sites (tertiary alicyclic amines) is 1. The Morgan fingerprint density at radius 1 is 1.12 bits per heavy atom. The number of ether oxygens (including phenoxy) is 1. The van der Waals surface area contributed by atoms with Gasteiger partial charge in [-0.05, 0) is 64.5 Å². The van der Waals surface area contributed by atoms with E-state index in [9.17, 15) is 4.79 Å². The first kappa shape index (κ1) is 18.9. The second kappa shape index (κ2) is 8.19. The second-order valence-corrected chi connectivity index (χ2v) is 8.50. The summed E-state index contributed by atoms with van der Waals surface area (Å²) in [6.07, 6.45) is 4.45. The molecule has 5 nitrogen and oxygen atoms in total. The van der Waals surface area contributed by atoms with Crippen molar-refractivity contribution in [2.75, 3.05) is 42.9 Å². The van der Waals surface area contributed by atoms with Gasteiger partial charge in [-0.1, -0.05) is 12.1 Å². The molecule has 2 fully saturated rings. The molecular weight excluding hydrogens is 326 g/mol. The highest BCUT2D eigenvalue weighted by Gasteiger charge is 2.27. The largest absolute Gasteiger partial charge is 0.444 e. The van der Waals surface area contributed by atoms with Crippen molar-refractivity contribution in [2.45, 2.75) is 52.1 Å². The highest BCUT2D eigenvalue weighted by Crippen LogP contribution is 2.29. The SMILES string of the molecule is CC(C)(C)OC(=O)N1CCC(CNc2ccccc2N2CCCC2)CC1. The number of nitrogens with zero attached hydrogens (tertiary/aromatic N) is 2. The molecule has 144 valence electrons. The molecule has 3 rings (SSSR count). The average molecular weight is 360 g/mol. The van der Waals surface area contributed by atoms with Gasteiger partial charge in [0.25, 0.3) is 0 Å². The van der Waals surface area contributed by atoms with E-state index in [0.717, 1.165) is 45.6 Å². The predicted octanol–water partition coefficient (Wildman–Crippen LogP) is 4.35. The number of hydrogen-bond acceptors (Lipinski definition) is 4. The standard InChI is InChI=1S/C21H33N3O2/c1-21(2,3)26-20(25)24-14-10-17(11-15-24)16-22-18-8-4-5-9-19(18)23-12-6-7-13-23/h4-5,8-9,17,22H,6-7,10-16H2,1-3H3. The molecule has 1 N–H and O–H groups in total. The molecule has 1 aromatic carbocycles. The number of carbonyl (C=O) groups excluding carboxylic acids is 1. The van der Waals surface area contributed by atoms with Crippen molar-refractivity contribution in [3.8, 4) is 0 Å². The molecule has 2 saturated heterocycles. The van der Waals surface area contributed by atoms with Crippen LogP contribution in [0.2, 0.25) is 0 Å². The van der Waals surface area contributed by atoms with Crippen molar-refractivity contribution in [3.05, 3.63) is 24.3 Å². The van der Waals surface area contributed by atoms with E-state index in [-0.39, 0.29) is 6.09 Å². The molecule has 0 radical (unpaired) electrons. The number of benzene rings is 1. The van der Waals surface area contributed by atoms with E-state index in [4.69, 9.17) is 4.74 Å². The summed E-state index contributed by atoms with van der Waals surface area (Å²) in [7, 11) is 0. The van der Waals surface area contributed by atoms with Crippen molar-refractivity contribution >= 4 is 17.5 Å². The fourth-order valence-electron chi connectivity index (χ4n) is 3.76. The lowest BCUT2D eigenvalue weighted by Crippen LogP contribution is -2.42. The normalized spacial score (nSPS) is 18.9. The molecule has 0 atom stereocenters. The van der Waals surface area contributed by atoms with Crippen LogP contribution in [0.4, 0.5) is 16.2 Å². The van der Waals surface area contributed by atoms with Gasteiger partial charge in [-0.15, -0.1) is 0 Å². The van der Waals surface area contributed by atoms with Gasteiger partial charge in [0.1, 0.15) is 5.60 Å². The first-order valence-electron chi connectivity index (χ1n) is 9.98. The van der Waals surface area contributed by atoms with Crippen LogP contribution in [0.25, 0.3) is 0 Å². The van der Waals surface area contributed by atoms with E-state index >= 15 is 0 Å². The number of carbonyl (C=O) groups is 1. The lowest BCUT2D eigenvalue weighted by molar-refractivity contribution is 0.0188. The van der Waals surface area contributed by atoms with E-state index in [1.165, 1.54) is 24.2 Å². The maximum absolute atomic E-state index is 12.2. The Bertz CT molecular complexity index is 598. The van der Waals surface area contributed by atoms with E-state index in [2.05, 4.69) is 34.5 Å². The van der Waals surface area contributed by atoms with Gasteiger partial charge in [0.2, 0.25) is 0 Å². The summed E-state index contributed by atoms with van der Waals surface area (Å²) in [4.78, 5) is 16.5. The van der Waals surface area contributed by atoms with Crippen LogP contribution in [0.1, 0.15) is 46.5 Å². The number of piperidine rings is 1. The third kappa shape index (κ3) is 5.05. The highest BCUT2D eigenvalue weighted by atomic mass is 16.6. The second-order valence-electron chi connectivity index (χ2n) is 8.50. The van der Waals surface area contributed by atoms with Crippen molar-refractivity contribution in [1.82, 2.24) is 4.90 Å². The number of para-hydroxylation sites is 2. The summed E-state index contributed by atoms with van der Waals surface area (Å²) < 4.78 is 5.48. The molecule has 0 saturated carbocycles. The lowest BCUT2D eigenvalue weighted by atomic mass is 9.97. The van der Waals surface area contributed by atoms with Crippen LogP contribution >= 0.6 is 0 Å². The molecule has 1 aromatic rings. The Morgan fingerprint density at radius 2 is 1.77 bits per heavy atom.